The second-order valence-electron chi connectivity index (χ2n) is 4.78. The van der Waals surface area contributed by atoms with Gasteiger partial charge in [-0.3, -0.25) is 14.9 Å². The molecule has 1 saturated heterocycles. The van der Waals surface area contributed by atoms with Crippen molar-refractivity contribution in [2.75, 3.05) is 27.3 Å². The van der Waals surface area contributed by atoms with Crippen molar-refractivity contribution < 1.29 is 19.2 Å². The molecule has 8 nitrogen and oxygen atoms in total. The lowest BCUT2D eigenvalue weighted by Crippen LogP contribution is -2.32. The molecule has 114 valence electrons. The molecular weight excluding hydrogens is 278 g/mol. The van der Waals surface area contributed by atoms with Gasteiger partial charge in [-0.1, -0.05) is 0 Å². The van der Waals surface area contributed by atoms with Crippen LogP contribution in [0.25, 0.3) is 0 Å². The molecule has 0 unspecified atom stereocenters. The maximum Gasteiger partial charge on any atom is 0.286 e. The molecule has 0 saturated carbocycles. The molecule has 0 spiro atoms. The van der Waals surface area contributed by atoms with Crippen molar-refractivity contribution in [1.82, 2.24) is 4.90 Å². The summed E-state index contributed by atoms with van der Waals surface area (Å²) in [6, 6.07) is 2.44. The molecule has 21 heavy (non-hydrogen) atoms. The van der Waals surface area contributed by atoms with Crippen molar-refractivity contribution in [1.29, 1.82) is 0 Å². The number of nitro groups is 1. The van der Waals surface area contributed by atoms with Crippen molar-refractivity contribution >= 4 is 11.6 Å². The van der Waals surface area contributed by atoms with E-state index in [1.807, 2.05) is 0 Å². The van der Waals surface area contributed by atoms with Crippen LogP contribution in [0, 0.1) is 10.1 Å². The minimum atomic E-state index is -0.606. The highest BCUT2D eigenvalue weighted by Crippen LogP contribution is 2.35. The molecule has 1 aromatic rings. The first-order valence-electron chi connectivity index (χ1n) is 6.43. The van der Waals surface area contributed by atoms with E-state index in [4.69, 9.17) is 15.2 Å². The largest absolute Gasteiger partial charge is 0.493 e. The van der Waals surface area contributed by atoms with Crippen LogP contribution in [0.15, 0.2) is 12.1 Å². The van der Waals surface area contributed by atoms with Crippen molar-refractivity contribution in [3.05, 3.63) is 27.8 Å². The van der Waals surface area contributed by atoms with Gasteiger partial charge >= 0.3 is 0 Å². The van der Waals surface area contributed by atoms with Crippen molar-refractivity contribution in [2.45, 2.75) is 12.5 Å². The van der Waals surface area contributed by atoms with E-state index in [1.165, 1.54) is 31.3 Å². The van der Waals surface area contributed by atoms with Crippen LogP contribution < -0.4 is 15.2 Å². The minimum Gasteiger partial charge on any atom is -0.493 e. The van der Waals surface area contributed by atoms with Gasteiger partial charge in [0.1, 0.15) is 5.56 Å². The molecule has 1 atom stereocenters. The Balaban J connectivity index is 2.45. The Kier molecular flexibility index (Phi) is 4.27. The summed E-state index contributed by atoms with van der Waals surface area (Å²) in [5.74, 6) is 0.0596. The van der Waals surface area contributed by atoms with Gasteiger partial charge in [0.05, 0.1) is 25.2 Å². The molecule has 0 aromatic heterocycles. The first-order chi connectivity index (χ1) is 9.97. The molecule has 2 N–H and O–H groups in total. The van der Waals surface area contributed by atoms with E-state index in [-0.39, 0.29) is 28.8 Å². The maximum absolute atomic E-state index is 12.5. The molecular formula is C13H17N3O5. The Labute approximate surface area is 121 Å². The molecule has 1 amide bonds. The van der Waals surface area contributed by atoms with Crippen LogP contribution in [0.1, 0.15) is 16.8 Å². The van der Waals surface area contributed by atoms with Crippen LogP contribution in [0.5, 0.6) is 11.5 Å². The standard InChI is InChI=1S/C13H17N3O5/c1-20-11-5-9(10(16(18)19)6-12(11)21-2)13(17)15-4-3-8(14)7-15/h5-6,8H,3-4,7,14H2,1-2H3/t8-/m0/s1. The fourth-order valence-corrected chi connectivity index (χ4v) is 2.33. The zero-order valence-corrected chi connectivity index (χ0v) is 11.9. The first-order valence-corrected chi connectivity index (χ1v) is 6.43. The highest BCUT2D eigenvalue weighted by atomic mass is 16.6. The van der Waals surface area contributed by atoms with Gasteiger partial charge in [-0.15, -0.1) is 0 Å². The van der Waals surface area contributed by atoms with Crippen LogP contribution >= 0.6 is 0 Å². The number of nitro benzene ring substituents is 1. The summed E-state index contributed by atoms with van der Waals surface area (Å²) in [6.45, 7) is 0.885. The van der Waals surface area contributed by atoms with Gasteiger partial charge in [0, 0.05) is 25.2 Å². The van der Waals surface area contributed by atoms with Gasteiger partial charge in [-0.25, -0.2) is 0 Å². The fourth-order valence-electron chi connectivity index (χ4n) is 2.33. The molecule has 1 aliphatic rings. The summed E-state index contributed by atoms with van der Waals surface area (Å²) < 4.78 is 10.1. The van der Waals surface area contributed by atoms with Gasteiger partial charge < -0.3 is 20.1 Å². The van der Waals surface area contributed by atoms with E-state index in [1.54, 1.807) is 0 Å². The highest BCUT2D eigenvalue weighted by molar-refractivity contribution is 5.99. The van der Waals surface area contributed by atoms with Crippen LogP contribution in [0.4, 0.5) is 5.69 Å². The van der Waals surface area contributed by atoms with Gasteiger partial charge in [0.2, 0.25) is 0 Å². The second kappa shape index (κ2) is 5.96. The van der Waals surface area contributed by atoms with Crippen LogP contribution in [0.3, 0.4) is 0 Å². The third kappa shape index (κ3) is 2.89. The number of likely N-dealkylation sites (tertiary alicyclic amines) is 1. The smallest absolute Gasteiger partial charge is 0.286 e. The molecule has 0 aliphatic carbocycles. The maximum atomic E-state index is 12.5. The molecule has 0 radical (unpaired) electrons. The van der Waals surface area contributed by atoms with Crippen molar-refractivity contribution in [3.8, 4) is 11.5 Å². The number of benzene rings is 1. The van der Waals surface area contributed by atoms with Crippen molar-refractivity contribution in [2.24, 2.45) is 5.73 Å². The number of methoxy groups -OCH3 is 2. The van der Waals surface area contributed by atoms with Gasteiger partial charge in [0.25, 0.3) is 11.6 Å². The minimum absolute atomic E-state index is 0.0215. The predicted octanol–water partition coefficient (Wildman–Crippen LogP) is 0.785. The third-order valence-corrected chi connectivity index (χ3v) is 3.44. The predicted molar refractivity (Wildman–Crippen MR) is 74.7 cm³/mol. The number of nitrogens with two attached hydrogens (primary N) is 1. The summed E-state index contributed by atoms with van der Waals surface area (Å²) in [5, 5.41) is 11.2. The van der Waals surface area contributed by atoms with Gasteiger partial charge in [0.15, 0.2) is 11.5 Å². The van der Waals surface area contributed by atoms with Crippen molar-refractivity contribution in [3.63, 3.8) is 0 Å². The molecule has 0 bridgehead atoms. The zero-order chi connectivity index (χ0) is 15.6. The average molecular weight is 295 g/mol. The van der Waals surface area contributed by atoms with Crippen LogP contribution in [0.2, 0.25) is 0 Å². The second-order valence-corrected chi connectivity index (χ2v) is 4.78. The number of carbonyl (C=O) groups is 1. The fraction of sp³-hybridized carbons (Fsp3) is 0.462. The topological polar surface area (TPSA) is 108 Å². The molecule has 1 aliphatic heterocycles. The molecule has 1 fully saturated rings. The number of carbonyl (C=O) groups excluding carboxylic acids is 1. The quantitative estimate of drug-likeness (QED) is 0.649. The van der Waals surface area contributed by atoms with Gasteiger partial charge in [-0.2, -0.15) is 0 Å². The number of hydrogen-bond acceptors (Lipinski definition) is 6. The number of nitrogens with zero attached hydrogens (tertiary/aromatic N) is 2. The summed E-state index contributed by atoms with van der Waals surface area (Å²) in [4.78, 5) is 24.5. The first kappa shape index (κ1) is 15.0. The lowest BCUT2D eigenvalue weighted by Gasteiger charge is -2.17. The highest BCUT2D eigenvalue weighted by Gasteiger charge is 2.31. The number of amides is 1. The van der Waals surface area contributed by atoms with Crippen LogP contribution in [-0.4, -0.2) is 49.1 Å². The lowest BCUT2D eigenvalue weighted by atomic mass is 10.1. The number of rotatable bonds is 4. The monoisotopic (exact) mass is 295 g/mol. The van der Waals surface area contributed by atoms with E-state index in [0.717, 1.165) is 0 Å². The normalized spacial score (nSPS) is 17.7. The Bertz CT molecular complexity index is 575. The average Bonchev–Trinajstić information content (AvgIpc) is 2.91. The van der Waals surface area contributed by atoms with E-state index in [9.17, 15) is 14.9 Å². The Morgan fingerprint density at radius 1 is 1.38 bits per heavy atom. The molecule has 2 rings (SSSR count). The van der Waals surface area contributed by atoms with E-state index >= 15 is 0 Å². The summed E-state index contributed by atoms with van der Waals surface area (Å²) in [5.41, 5.74) is 5.44. The third-order valence-electron chi connectivity index (χ3n) is 3.44. The number of ether oxygens (including phenoxy) is 2. The Morgan fingerprint density at radius 3 is 2.48 bits per heavy atom. The Morgan fingerprint density at radius 2 is 2.00 bits per heavy atom. The zero-order valence-electron chi connectivity index (χ0n) is 11.9. The SMILES string of the molecule is COc1cc(C(=O)N2CC[C@H](N)C2)c([N+](=O)[O-])cc1OC. The number of hydrogen-bond donors (Lipinski definition) is 1. The molecule has 8 heteroatoms. The summed E-state index contributed by atoms with van der Waals surface area (Å²) in [7, 11) is 2.78. The summed E-state index contributed by atoms with van der Waals surface area (Å²) in [6.07, 6.45) is 0.687. The van der Waals surface area contributed by atoms with E-state index < -0.39 is 10.8 Å². The lowest BCUT2D eigenvalue weighted by molar-refractivity contribution is -0.385. The van der Waals surface area contributed by atoms with E-state index in [2.05, 4.69) is 0 Å². The van der Waals surface area contributed by atoms with Gasteiger partial charge in [-0.05, 0) is 6.42 Å². The summed E-state index contributed by atoms with van der Waals surface area (Å²) >= 11 is 0. The van der Waals surface area contributed by atoms with Crippen LogP contribution in [-0.2, 0) is 0 Å². The van der Waals surface area contributed by atoms with E-state index in [0.29, 0.717) is 19.5 Å². The molecule has 1 aromatic carbocycles. The Hall–Kier alpha value is -2.35. The molecule has 1 heterocycles.